The highest BCUT2D eigenvalue weighted by Gasteiger charge is 2.26. The van der Waals surface area contributed by atoms with Crippen molar-refractivity contribution in [3.8, 4) is 0 Å². The minimum absolute atomic E-state index is 0.455. The summed E-state index contributed by atoms with van der Waals surface area (Å²) in [5, 5.41) is 7.01. The van der Waals surface area contributed by atoms with Crippen molar-refractivity contribution in [3.63, 3.8) is 0 Å². The zero-order valence-corrected chi connectivity index (χ0v) is 12.8. The molecule has 3 rings (SSSR count). The van der Waals surface area contributed by atoms with E-state index in [1.807, 2.05) is 12.4 Å². The Kier molecular flexibility index (Phi) is 4.58. The third-order valence-electron chi connectivity index (χ3n) is 4.06. The lowest BCUT2D eigenvalue weighted by atomic mass is 9.95. The number of hydrogen-bond donors (Lipinski definition) is 1. The van der Waals surface area contributed by atoms with Crippen LogP contribution in [0.3, 0.4) is 0 Å². The van der Waals surface area contributed by atoms with Gasteiger partial charge in [0, 0.05) is 29.1 Å². The smallest absolute Gasteiger partial charge is 0.0446 e. The van der Waals surface area contributed by atoms with Crippen molar-refractivity contribution in [2.45, 2.75) is 37.5 Å². The molecule has 1 fully saturated rings. The summed E-state index contributed by atoms with van der Waals surface area (Å²) < 4.78 is 0. The highest BCUT2D eigenvalue weighted by molar-refractivity contribution is 8.00. The van der Waals surface area contributed by atoms with Crippen LogP contribution >= 0.6 is 11.8 Å². The maximum Gasteiger partial charge on any atom is 0.0446 e. The third-order valence-corrected chi connectivity index (χ3v) is 5.52. The van der Waals surface area contributed by atoms with Crippen molar-refractivity contribution >= 4 is 22.5 Å². The van der Waals surface area contributed by atoms with Gasteiger partial charge in [-0.05, 0) is 42.2 Å². The van der Waals surface area contributed by atoms with Crippen LogP contribution in [0, 0.1) is 0 Å². The first-order valence-corrected chi connectivity index (χ1v) is 8.62. The van der Waals surface area contributed by atoms with Crippen LogP contribution in [0.4, 0.5) is 0 Å². The summed E-state index contributed by atoms with van der Waals surface area (Å²) in [7, 11) is 0. The van der Waals surface area contributed by atoms with Crippen LogP contribution in [-0.4, -0.2) is 22.5 Å². The molecule has 0 amide bonds. The van der Waals surface area contributed by atoms with Gasteiger partial charge in [0.25, 0.3) is 0 Å². The highest BCUT2D eigenvalue weighted by atomic mass is 32.2. The van der Waals surface area contributed by atoms with Gasteiger partial charge in [-0.2, -0.15) is 11.8 Å². The van der Waals surface area contributed by atoms with Crippen molar-refractivity contribution in [2.75, 3.05) is 12.3 Å². The van der Waals surface area contributed by atoms with E-state index in [0.29, 0.717) is 11.3 Å². The summed E-state index contributed by atoms with van der Waals surface area (Å²) in [4.78, 5) is 4.25. The maximum atomic E-state index is 4.25. The SMILES string of the molecule is CCNC(c1cccc2cnccc12)C1CCCCS1. The molecule has 2 aromatic rings. The first-order chi connectivity index (χ1) is 9.90. The number of benzene rings is 1. The topological polar surface area (TPSA) is 24.9 Å². The van der Waals surface area contributed by atoms with E-state index in [0.717, 1.165) is 6.54 Å². The molecule has 0 saturated carbocycles. The molecule has 1 aromatic heterocycles. The van der Waals surface area contributed by atoms with Gasteiger partial charge in [-0.1, -0.05) is 31.5 Å². The molecule has 20 heavy (non-hydrogen) atoms. The second kappa shape index (κ2) is 6.59. The minimum Gasteiger partial charge on any atom is -0.309 e. The third kappa shape index (κ3) is 2.84. The van der Waals surface area contributed by atoms with Crippen LogP contribution < -0.4 is 5.32 Å². The number of rotatable bonds is 4. The Morgan fingerprint density at radius 2 is 2.30 bits per heavy atom. The van der Waals surface area contributed by atoms with Gasteiger partial charge in [0.05, 0.1) is 0 Å². The van der Waals surface area contributed by atoms with Gasteiger partial charge in [0.15, 0.2) is 0 Å². The zero-order valence-electron chi connectivity index (χ0n) is 12.0. The van der Waals surface area contributed by atoms with Gasteiger partial charge in [0.2, 0.25) is 0 Å². The number of pyridine rings is 1. The molecule has 0 aliphatic carbocycles. The van der Waals surface area contributed by atoms with E-state index in [1.54, 1.807) is 0 Å². The van der Waals surface area contributed by atoms with Crippen molar-refractivity contribution < 1.29 is 0 Å². The minimum atomic E-state index is 0.455. The second-order valence-corrected chi connectivity index (χ2v) is 6.73. The summed E-state index contributed by atoms with van der Waals surface area (Å²) in [6.07, 6.45) is 7.94. The molecule has 2 atom stereocenters. The van der Waals surface area contributed by atoms with E-state index in [-0.39, 0.29) is 0 Å². The lowest BCUT2D eigenvalue weighted by Gasteiger charge is -2.31. The number of thioether (sulfide) groups is 1. The van der Waals surface area contributed by atoms with Crippen LogP contribution in [-0.2, 0) is 0 Å². The van der Waals surface area contributed by atoms with E-state index >= 15 is 0 Å². The molecule has 2 nitrogen and oxygen atoms in total. The lowest BCUT2D eigenvalue weighted by Crippen LogP contribution is -2.31. The van der Waals surface area contributed by atoms with Gasteiger partial charge in [-0.3, -0.25) is 4.98 Å². The first-order valence-electron chi connectivity index (χ1n) is 7.58. The Morgan fingerprint density at radius 1 is 1.35 bits per heavy atom. The fraction of sp³-hybridized carbons (Fsp3) is 0.471. The molecule has 1 N–H and O–H groups in total. The lowest BCUT2D eigenvalue weighted by molar-refractivity contribution is 0.494. The van der Waals surface area contributed by atoms with Gasteiger partial charge < -0.3 is 5.32 Å². The standard InChI is InChI=1S/C17H22N2S/c1-2-19-17(16-8-3-4-11-20-16)15-7-5-6-13-12-18-10-9-14(13)15/h5-7,9-10,12,16-17,19H,2-4,8,11H2,1H3. The van der Waals surface area contributed by atoms with Crippen LogP contribution in [0.2, 0.25) is 0 Å². The van der Waals surface area contributed by atoms with Crippen molar-refractivity contribution in [3.05, 3.63) is 42.2 Å². The van der Waals surface area contributed by atoms with Crippen LogP contribution in [0.15, 0.2) is 36.7 Å². The predicted octanol–water partition coefficient (Wildman–Crippen LogP) is 4.17. The summed E-state index contributed by atoms with van der Waals surface area (Å²) >= 11 is 2.14. The van der Waals surface area contributed by atoms with Crippen LogP contribution in [0.25, 0.3) is 10.8 Å². The molecule has 106 valence electrons. The average molecular weight is 286 g/mol. The Balaban J connectivity index is 2.00. The van der Waals surface area contributed by atoms with Crippen molar-refractivity contribution in [2.24, 2.45) is 0 Å². The summed E-state index contributed by atoms with van der Waals surface area (Å²) in [5.74, 6) is 1.30. The van der Waals surface area contributed by atoms with Gasteiger partial charge in [-0.25, -0.2) is 0 Å². The molecule has 0 spiro atoms. The molecule has 2 heterocycles. The summed E-state index contributed by atoms with van der Waals surface area (Å²) in [6, 6.07) is 9.21. The van der Waals surface area contributed by atoms with Crippen LogP contribution in [0.5, 0.6) is 0 Å². The number of fused-ring (bicyclic) bond motifs is 1. The van der Waals surface area contributed by atoms with Crippen molar-refractivity contribution in [1.29, 1.82) is 0 Å². The molecule has 1 aliphatic heterocycles. The van der Waals surface area contributed by atoms with E-state index in [1.165, 1.54) is 41.4 Å². The van der Waals surface area contributed by atoms with Gasteiger partial charge >= 0.3 is 0 Å². The number of aromatic nitrogens is 1. The molecular formula is C17H22N2S. The molecule has 2 unspecified atom stereocenters. The van der Waals surface area contributed by atoms with E-state index in [4.69, 9.17) is 0 Å². The van der Waals surface area contributed by atoms with E-state index in [9.17, 15) is 0 Å². The Morgan fingerprint density at radius 3 is 3.10 bits per heavy atom. The average Bonchev–Trinajstić information content (AvgIpc) is 2.53. The molecular weight excluding hydrogens is 264 g/mol. The molecule has 1 aliphatic rings. The second-order valence-electron chi connectivity index (χ2n) is 5.38. The quantitative estimate of drug-likeness (QED) is 0.913. The number of nitrogens with zero attached hydrogens (tertiary/aromatic N) is 1. The fourth-order valence-corrected chi connectivity index (χ4v) is 4.55. The molecule has 1 aromatic carbocycles. The number of nitrogens with one attached hydrogen (secondary N) is 1. The predicted molar refractivity (Wildman–Crippen MR) is 88.3 cm³/mol. The van der Waals surface area contributed by atoms with Crippen molar-refractivity contribution in [1.82, 2.24) is 10.3 Å². The summed E-state index contributed by atoms with van der Waals surface area (Å²) in [5.41, 5.74) is 1.44. The van der Waals surface area contributed by atoms with Crippen LogP contribution in [0.1, 0.15) is 37.8 Å². The number of hydrogen-bond acceptors (Lipinski definition) is 3. The highest BCUT2D eigenvalue weighted by Crippen LogP contribution is 2.37. The molecule has 1 saturated heterocycles. The van der Waals surface area contributed by atoms with Gasteiger partial charge in [0.1, 0.15) is 0 Å². The summed E-state index contributed by atoms with van der Waals surface area (Å²) in [6.45, 7) is 3.22. The normalized spacial score (nSPS) is 20.9. The monoisotopic (exact) mass is 286 g/mol. The zero-order chi connectivity index (χ0) is 13.8. The Hall–Kier alpha value is -1.06. The van der Waals surface area contributed by atoms with E-state index in [2.05, 4.69) is 53.3 Å². The molecule has 3 heteroatoms. The molecule has 0 bridgehead atoms. The molecule has 0 radical (unpaired) electrons. The van der Waals surface area contributed by atoms with E-state index < -0.39 is 0 Å². The first kappa shape index (κ1) is 13.9. The Bertz CT molecular complexity index is 558. The fourth-order valence-electron chi connectivity index (χ4n) is 3.11. The maximum absolute atomic E-state index is 4.25. The largest absolute Gasteiger partial charge is 0.309 e. The Labute approximate surface area is 125 Å². The van der Waals surface area contributed by atoms with Gasteiger partial charge in [-0.15, -0.1) is 0 Å².